The number of hydrogen-bond donors (Lipinski definition) is 3. The third kappa shape index (κ3) is 3.07. The van der Waals surface area contributed by atoms with Gasteiger partial charge in [0.15, 0.2) is 0 Å². The molecular weight excluding hydrogens is 254 g/mol. The minimum absolute atomic E-state index is 0.167. The van der Waals surface area contributed by atoms with Crippen LogP contribution in [0.5, 0.6) is 17.2 Å². The summed E-state index contributed by atoms with van der Waals surface area (Å²) in [6, 6.07) is 1.53. The van der Waals surface area contributed by atoms with Crippen molar-refractivity contribution < 1.29 is 29.2 Å². The summed E-state index contributed by atoms with van der Waals surface area (Å²) < 4.78 is 15.3. The third-order valence-corrected chi connectivity index (χ3v) is 2.67. The Balaban J connectivity index is 3.35. The largest absolute Gasteiger partial charge is 0.496 e. The summed E-state index contributed by atoms with van der Waals surface area (Å²) in [4.78, 5) is 10.8. The summed E-state index contributed by atoms with van der Waals surface area (Å²) in [6.45, 7) is 0. The van der Waals surface area contributed by atoms with E-state index < -0.39 is 18.1 Å². The van der Waals surface area contributed by atoms with Crippen molar-refractivity contribution >= 4 is 5.97 Å². The number of benzene rings is 1. The average molecular weight is 271 g/mol. The smallest absolute Gasteiger partial charge is 0.323 e. The molecule has 1 rings (SSSR count). The van der Waals surface area contributed by atoms with Gasteiger partial charge in [-0.25, -0.2) is 0 Å². The van der Waals surface area contributed by atoms with Crippen LogP contribution in [0.25, 0.3) is 0 Å². The van der Waals surface area contributed by atoms with Crippen molar-refractivity contribution in [3.8, 4) is 17.2 Å². The Hall–Kier alpha value is -1.99. The number of rotatable bonds is 6. The lowest BCUT2D eigenvalue weighted by atomic mass is 10.0. The lowest BCUT2D eigenvalue weighted by molar-refractivity contribution is -0.141. The molecule has 2 atom stereocenters. The first-order chi connectivity index (χ1) is 8.96. The standard InChI is InChI=1S/C12H17NO6/c1-17-6-4-7(18-2)9(8(5-6)19-3)11(14)10(13)12(15)16/h4-5,10-11,14H,13H2,1-3H3,(H,15,16). The second-order valence-corrected chi connectivity index (χ2v) is 3.75. The molecular formula is C12H17NO6. The van der Waals surface area contributed by atoms with Gasteiger partial charge in [-0.2, -0.15) is 0 Å². The van der Waals surface area contributed by atoms with E-state index in [0.29, 0.717) is 5.75 Å². The first-order valence-electron chi connectivity index (χ1n) is 5.42. The summed E-state index contributed by atoms with van der Waals surface area (Å²) in [5.41, 5.74) is 5.59. The minimum Gasteiger partial charge on any atom is -0.496 e. The van der Waals surface area contributed by atoms with Gasteiger partial charge in [-0.1, -0.05) is 0 Å². The molecule has 0 radical (unpaired) electrons. The zero-order valence-electron chi connectivity index (χ0n) is 10.9. The number of methoxy groups -OCH3 is 3. The molecule has 106 valence electrons. The van der Waals surface area contributed by atoms with Gasteiger partial charge >= 0.3 is 5.97 Å². The van der Waals surface area contributed by atoms with Gasteiger partial charge in [0, 0.05) is 12.1 Å². The van der Waals surface area contributed by atoms with Crippen molar-refractivity contribution in [3.05, 3.63) is 17.7 Å². The maximum Gasteiger partial charge on any atom is 0.323 e. The fourth-order valence-electron chi connectivity index (χ4n) is 1.64. The van der Waals surface area contributed by atoms with Crippen molar-refractivity contribution in [2.45, 2.75) is 12.1 Å². The van der Waals surface area contributed by atoms with Gasteiger partial charge in [-0.05, 0) is 0 Å². The van der Waals surface area contributed by atoms with Crippen molar-refractivity contribution in [3.63, 3.8) is 0 Å². The quantitative estimate of drug-likeness (QED) is 0.675. The van der Waals surface area contributed by atoms with Crippen LogP contribution in [0.1, 0.15) is 11.7 Å². The number of hydrogen-bond acceptors (Lipinski definition) is 6. The predicted molar refractivity (Wildman–Crippen MR) is 66.7 cm³/mol. The molecule has 0 aliphatic heterocycles. The Kier molecular flexibility index (Phi) is 4.96. The zero-order valence-corrected chi connectivity index (χ0v) is 10.9. The van der Waals surface area contributed by atoms with E-state index in [1.807, 2.05) is 0 Å². The van der Waals surface area contributed by atoms with Gasteiger partial charge in [0.05, 0.1) is 26.9 Å². The Morgan fingerprint density at radius 2 is 1.63 bits per heavy atom. The van der Waals surface area contributed by atoms with Crippen LogP contribution >= 0.6 is 0 Å². The van der Waals surface area contributed by atoms with Crippen LogP contribution in [0.2, 0.25) is 0 Å². The second-order valence-electron chi connectivity index (χ2n) is 3.75. The molecule has 1 aromatic carbocycles. The van der Waals surface area contributed by atoms with Crippen LogP contribution in [0.4, 0.5) is 0 Å². The SMILES string of the molecule is COc1cc(OC)c(C(O)C(N)C(=O)O)c(OC)c1. The molecule has 1 aromatic rings. The maximum atomic E-state index is 10.8. The highest BCUT2D eigenvalue weighted by Crippen LogP contribution is 2.39. The number of aliphatic hydroxyl groups excluding tert-OH is 1. The van der Waals surface area contributed by atoms with E-state index in [2.05, 4.69) is 0 Å². The lowest BCUT2D eigenvalue weighted by Crippen LogP contribution is -2.36. The van der Waals surface area contributed by atoms with E-state index in [9.17, 15) is 9.90 Å². The molecule has 0 saturated carbocycles. The number of carbonyl (C=O) groups is 1. The number of carboxylic acids is 1. The van der Waals surface area contributed by atoms with Crippen molar-refractivity contribution in [2.24, 2.45) is 5.73 Å². The molecule has 4 N–H and O–H groups in total. The molecule has 0 spiro atoms. The Bertz CT molecular complexity index is 437. The first-order valence-corrected chi connectivity index (χ1v) is 5.42. The van der Waals surface area contributed by atoms with Gasteiger partial charge in [0.1, 0.15) is 29.4 Å². The summed E-state index contributed by atoms with van der Waals surface area (Å²) in [7, 11) is 4.24. The number of carboxylic acid groups (broad SMARTS) is 1. The second kappa shape index (κ2) is 6.26. The van der Waals surface area contributed by atoms with E-state index in [1.165, 1.54) is 33.5 Å². The van der Waals surface area contributed by atoms with E-state index >= 15 is 0 Å². The molecule has 2 unspecified atom stereocenters. The predicted octanol–water partition coefficient (Wildman–Crippen LogP) is 0.158. The normalized spacial score (nSPS) is 13.5. The molecule has 0 bridgehead atoms. The van der Waals surface area contributed by atoms with Crippen LogP contribution in [-0.2, 0) is 4.79 Å². The highest BCUT2D eigenvalue weighted by Gasteiger charge is 2.29. The van der Waals surface area contributed by atoms with Crippen LogP contribution in [0.3, 0.4) is 0 Å². The van der Waals surface area contributed by atoms with Gasteiger partial charge in [-0.3, -0.25) is 4.79 Å². The van der Waals surface area contributed by atoms with E-state index in [0.717, 1.165) is 0 Å². The molecule has 0 fully saturated rings. The van der Waals surface area contributed by atoms with E-state index in [-0.39, 0.29) is 17.1 Å². The molecule has 0 aromatic heterocycles. The van der Waals surface area contributed by atoms with Crippen LogP contribution in [0.15, 0.2) is 12.1 Å². The van der Waals surface area contributed by atoms with Crippen molar-refractivity contribution in [2.75, 3.05) is 21.3 Å². The topological polar surface area (TPSA) is 111 Å². The Labute approximate surface area is 110 Å². The highest BCUT2D eigenvalue weighted by molar-refractivity contribution is 5.75. The molecule has 19 heavy (non-hydrogen) atoms. The average Bonchev–Trinajstić information content (AvgIpc) is 2.43. The molecule has 0 heterocycles. The third-order valence-electron chi connectivity index (χ3n) is 2.67. The lowest BCUT2D eigenvalue weighted by Gasteiger charge is -2.21. The van der Waals surface area contributed by atoms with Crippen molar-refractivity contribution in [1.82, 2.24) is 0 Å². The monoisotopic (exact) mass is 271 g/mol. The van der Waals surface area contributed by atoms with Crippen LogP contribution in [-0.4, -0.2) is 43.6 Å². The summed E-state index contributed by atoms with van der Waals surface area (Å²) >= 11 is 0. The molecule has 0 amide bonds. The fraction of sp³-hybridized carbons (Fsp3) is 0.417. The van der Waals surface area contributed by atoms with Gasteiger partial charge < -0.3 is 30.2 Å². The number of nitrogens with two attached hydrogens (primary N) is 1. The Morgan fingerprint density at radius 1 is 1.16 bits per heavy atom. The van der Waals surface area contributed by atoms with Crippen LogP contribution in [0, 0.1) is 0 Å². The van der Waals surface area contributed by atoms with Gasteiger partial charge in [0.2, 0.25) is 0 Å². The number of aliphatic hydroxyl groups is 1. The molecule has 0 saturated heterocycles. The van der Waals surface area contributed by atoms with E-state index in [1.54, 1.807) is 0 Å². The number of aliphatic carboxylic acids is 1. The molecule has 7 heteroatoms. The molecule has 7 nitrogen and oxygen atoms in total. The first kappa shape index (κ1) is 15.1. The van der Waals surface area contributed by atoms with Gasteiger partial charge in [0.25, 0.3) is 0 Å². The van der Waals surface area contributed by atoms with E-state index in [4.69, 9.17) is 25.1 Å². The Morgan fingerprint density at radius 3 is 1.95 bits per heavy atom. The molecule has 0 aliphatic rings. The summed E-state index contributed by atoms with van der Waals surface area (Å²) in [6.07, 6.45) is -1.46. The fourth-order valence-corrected chi connectivity index (χ4v) is 1.64. The zero-order chi connectivity index (χ0) is 14.6. The highest BCUT2D eigenvalue weighted by atomic mass is 16.5. The molecule has 0 aliphatic carbocycles. The number of ether oxygens (including phenoxy) is 3. The van der Waals surface area contributed by atoms with Crippen molar-refractivity contribution in [1.29, 1.82) is 0 Å². The summed E-state index contributed by atoms with van der Waals surface area (Å²) in [5, 5.41) is 18.9. The van der Waals surface area contributed by atoms with Gasteiger partial charge in [-0.15, -0.1) is 0 Å². The maximum absolute atomic E-state index is 10.8. The van der Waals surface area contributed by atoms with Crippen LogP contribution < -0.4 is 19.9 Å². The summed E-state index contributed by atoms with van der Waals surface area (Å²) in [5.74, 6) is -0.401. The minimum atomic E-state index is -1.49.